The van der Waals surface area contributed by atoms with Crippen molar-refractivity contribution < 1.29 is 44.5 Å². The molecule has 25 heavy (non-hydrogen) atoms. The number of hydrogen-bond donors (Lipinski definition) is 5. The number of aliphatic hydroxyl groups is 4. The average molecular weight is 399 g/mol. The second kappa shape index (κ2) is 8.37. The molecule has 0 spiro atoms. The fourth-order valence-electron chi connectivity index (χ4n) is 2.12. The van der Waals surface area contributed by atoms with E-state index in [1.165, 1.54) is 12.1 Å². The number of benzene rings is 1. The van der Waals surface area contributed by atoms with Crippen molar-refractivity contribution in [3.63, 3.8) is 0 Å². The highest BCUT2D eigenvalue weighted by atomic mass is 35.5. The number of esters is 1. The van der Waals surface area contributed by atoms with Crippen molar-refractivity contribution in [2.75, 3.05) is 13.2 Å². The number of ether oxygens (including phenoxy) is 3. The predicted octanol–water partition coefficient (Wildman–Crippen LogP) is -0.579. The van der Waals surface area contributed by atoms with Crippen molar-refractivity contribution >= 4 is 29.2 Å². The lowest BCUT2D eigenvalue weighted by atomic mass is 9.99. The van der Waals surface area contributed by atoms with Crippen LogP contribution in [0.3, 0.4) is 0 Å². The van der Waals surface area contributed by atoms with Gasteiger partial charge in [-0.1, -0.05) is 23.2 Å². The molecule has 1 aliphatic rings. The van der Waals surface area contributed by atoms with Gasteiger partial charge in [-0.25, -0.2) is 4.79 Å². The van der Waals surface area contributed by atoms with E-state index in [-0.39, 0.29) is 15.8 Å². The van der Waals surface area contributed by atoms with E-state index in [1.807, 2.05) is 0 Å². The molecule has 1 aliphatic heterocycles. The molecule has 5 N–H and O–H groups in total. The summed E-state index contributed by atoms with van der Waals surface area (Å²) < 4.78 is 14.9. The SMILES string of the molecule is O=C(COc1cc(Cl)cc(Cl)c1O)O[C@H]1O[C@H](CO)[C@@H](O)[C@H](O)[C@H]1O. The number of aliphatic hydroxyl groups excluding tert-OH is 4. The van der Waals surface area contributed by atoms with Crippen LogP contribution in [0, 0.1) is 0 Å². The molecule has 9 nitrogen and oxygen atoms in total. The van der Waals surface area contributed by atoms with Gasteiger partial charge >= 0.3 is 5.97 Å². The fourth-order valence-corrected chi connectivity index (χ4v) is 2.59. The van der Waals surface area contributed by atoms with Gasteiger partial charge in [-0.2, -0.15) is 0 Å². The van der Waals surface area contributed by atoms with Gasteiger partial charge in [0.05, 0.1) is 11.6 Å². The summed E-state index contributed by atoms with van der Waals surface area (Å²) in [6, 6.07) is 2.50. The highest BCUT2D eigenvalue weighted by molar-refractivity contribution is 6.35. The van der Waals surface area contributed by atoms with Gasteiger partial charge in [-0.15, -0.1) is 0 Å². The summed E-state index contributed by atoms with van der Waals surface area (Å²) in [6.07, 6.45) is -7.82. The first-order valence-corrected chi connectivity index (χ1v) is 7.81. The van der Waals surface area contributed by atoms with Crippen LogP contribution in [-0.2, 0) is 14.3 Å². The Balaban J connectivity index is 1.96. The van der Waals surface area contributed by atoms with Gasteiger partial charge in [-0.05, 0) is 6.07 Å². The number of phenolic OH excluding ortho intramolecular Hbond substituents is 1. The first-order chi connectivity index (χ1) is 11.7. The molecule has 11 heteroatoms. The largest absolute Gasteiger partial charge is 0.503 e. The number of carbonyl (C=O) groups is 1. The van der Waals surface area contributed by atoms with E-state index in [4.69, 9.17) is 42.5 Å². The summed E-state index contributed by atoms with van der Waals surface area (Å²) in [5.41, 5.74) is 0. The zero-order valence-corrected chi connectivity index (χ0v) is 14.1. The van der Waals surface area contributed by atoms with Crippen LogP contribution in [0.15, 0.2) is 12.1 Å². The lowest BCUT2D eigenvalue weighted by Gasteiger charge is -2.39. The number of aromatic hydroxyl groups is 1. The van der Waals surface area contributed by atoms with Crippen molar-refractivity contribution in [2.45, 2.75) is 30.7 Å². The third kappa shape index (κ3) is 4.64. The van der Waals surface area contributed by atoms with E-state index < -0.39 is 55.6 Å². The zero-order chi connectivity index (χ0) is 18.7. The van der Waals surface area contributed by atoms with Crippen LogP contribution in [0.4, 0.5) is 0 Å². The summed E-state index contributed by atoms with van der Waals surface area (Å²) in [5.74, 6) is -1.60. The van der Waals surface area contributed by atoms with E-state index in [9.17, 15) is 25.2 Å². The third-order valence-corrected chi connectivity index (χ3v) is 3.94. The maximum atomic E-state index is 11.8. The minimum atomic E-state index is -1.73. The molecule has 0 unspecified atom stereocenters. The minimum absolute atomic E-state index is 0.0789. The Hall–Kier alpha value is -1.33. The van der Waals surface area contributed by atoms with Crippen LogP contribution < -0.4 is 4.74 Å². The van der Waals surface area contributed by atoms with Crippen LogP contribution in [0.5, 0.6) is 11.5 Å². The molecule has 0 saturated carbocycles. The molecule has 0 amide bonds. The summed E-state index contributed by atoms with van der Waals surface area (Å²) >= 11 is 11.5. The average Bonchev–Trinajstić information content (AvgIpc) is 2.57. The Morgan fingerprint density at radius 1 is 1.16 bits per heavy atom. The van der Waals surface area contributed by atoms with E-state index >= 15 is 0 Å². The first-order valence-electron chi connectivity index (χ1n) is 7.05. The first kappa shape index (κ1) is 20.0. The third-order valence-electron chi connectivity index (χ3n) is 3.43. The molecule has 0 aliphatic carbocycles. The Labute approximate surface area is 151 Å². The van der Waals surface area contributed by atoms with E-state index in [0.29, 0.717) is 0 Å². The molecular weight excluding hydrogens is 383 g/mol. The fraction of sp³-hybridized carbons (Fsp3) is 0.500. The second-order valence-corrected chi connectivity index (χ2v) is 6.05. The molecule has 1 saturated heterocycles. The molecule has 1 aromatic carbocycles. The van der Waals surface area contributed by atoms with E-state index in [2.05, 4.69) is 0 Å². The van der Waals surface area contributed by atoms with Gasteiger partial charge in [0.25, 0.3) is 0 Å². The van der Waals surface area contributed by atoms with Gasteiger partial charge in [-0.3, -0.25) is 0 Å². The molecule has 1 heterocycles. The molecule has 1 fully saturated rings. The molecule has 2 rings (SSSR count). The summed E-state index contributed by atoms with van der Waals surface area (Å²) in [6.45, 7) is -1.36. The number of phenols is 1. The topological polar surface area (TPSA) is 146 Å². The van der Waals surface area contributed by atoms with Gasteiger partial charge in [0, 0.05) is 11.1 Å². The van der Waals surface area contributed by atoms with Crippen LogP contribution in [0.1, 0.15) is 0 Å². The van der Waals surface area contributed by atoms with Crippen LogP contribution in [-0.4, -0.2) is 75.4 Å². The van der Waals surface area contributed by atoms with Gasteiger partial charge < -0.3 is 39.7 Å². The smallest absolute Gasteiger partial charge is 0.346 e. The van der Waals surface area contributed by atoms with Crippen molar-refractivity contribution in [2.24, 2.45) is 0 Å². The van der Waals surface area contributed by atoms with Crippen molar-refractivity contribution in [3.05, 3.63) is 22.2 Å². The van der Waals surface area contributed by atoms with E-state index in [1.54, 1.807) is 0 Å². The summed E-state index contributed by atoms with van der Waals surface area (Å²) in [5, 5.41) is 47.9. The van der Waals surface area contributed by atoms with Crippen LogP contribution in [0.2, 0.25) is 10.0 Å². The second-order valence-electron chi connectivity index (χ2n) is 5.21. The quantitative estimate of drug-likeness (QED) is 0.411. The molecule has 0 radical (unpaired) electrons. The number of hydrogen-bond acceptors (Lipinski definition) is 9. The maximum absolute atomic E-state index is 11.8. The van der Waals surface area contributed by atoms with Gasteiger partial charge in [0.15, 0.2) is 18.1 Å². The number of halogens is 2. The Morgan fingerprint density at radius 3 is 2.48 bits per heavy atom. The van der Waals surface area contributed by atoms with Gasteiger partial charge in [0.2, 0.25) is 6.29 Å². The lowest BCUT2D eigenvalue weighted by Crippen LogP contribution is -2.59. The lowest BCUT2D eigenvalue weighted by molar-refractivity contribution is -0.293. The standard InChI is InChI=1S/C14H16Cl2O9/c15-5-1-6(16)10(19)7(2-5)23-4-9(18)25-14-13(22)12(21)11(20)8(3-17)24-14/h1-2,8,11-14,17,19-22H,3-4H2/t8-,11-,12+,13-,14-/m1/s1. The summed E-state index contributed by atoms with van der Waals surface area (Å²) in [4.78, 5) is 11.8. The van der Waals surface area contributed by atoms with Crippen LogP contribution >= 0.6 is 23.2 Å². The molecule has 140 valence electrons. The Kier molecular flexibility index (Phi) is 6.69. The molecule has 1 aromatic rings. The number of carbonyl (C=O) groups excluding carboxylic acids is 1. The van der Waals surface area contributed by atoms with Crippen molar-refractivity contribution in [1.29, 1.82) is 0 Å². The molecular formula is C14H16Cl2O9. The highest BCUT2D eigenvalue weighted by Crippen LogP contribution is 2.36. The normalized spacial score (nSPS) is 29.3. The zero-order valence-electron chi connectivity index (χ0n) is 12.6. The molecule has 0 aromatic heterocycles. The Bertz CT molecular complexity index is 625. The maximum Gasteiger partial charge on any atom is 0.346 e. The highest BCUT2D eigenvalue weighted by Gasteiger charge is 2.45. The minimum Gasteiger partial charge on any atom is -0.503 e. The predicted molar refractivity (Wildman–Crippen MR) is 83.5 cm³/mol. The van der Waals surface area contributed by atoms with Crippen LogP contribution in [0.25, 0.3) is 0 Å². The summed E-state index contributed by atoms with van der Waals surface area (Å²) in [7, 11) is 0. The molecule has 5 atom stereocenters. The monoisotopic (exact) mass is 398 g/mol. The van der Waals surface area contributed by atoms with E-state index in [0.717, 1.165) is 0 Å². The number of rotatable bonds is 5. The Morgan fingerprint density at radius 2 is 1.84 bits per heavy atom. The van der Waals surface area contributed by atoms with Crippen molar-refractivity contribution in [1.82, 2.24) is 0 Å². The van der Waals surface area contributed by atoms with Gasteiger partial charge in [0.1, 0.15) is 24.4 Å². The van der Waals surface area contributed by atoms with Crippen molar-refractivity contribution in [3.8, 4) is 11.5 Å². The molecule has 0 bridgehead atoms.